The highest BCUT2D eigenvalue weighted by Gasteiger charge is 2.42. The Balaban J connectivity index is 0.000000413. The smallest absolute Gasteiger partial charge is 0.120 e. The Bertz CT molecular complexity index is 545. The SMILES string of the molecule is C=CCCCO.CC(C)(C)[Si](C)(c1ccccc1)c1ccccc1. The molecule has 2 rings (SSSR count). The van der Waals surface area contributed by atoms with Crippen molar-refractivity contribution in [1.29, 1.82) is 0 Å². The summed E-state index contributed by atoms with van der Waals surface area (Å²) in [5.74, 6) is 0. The summed E-state index contributed by atoms with van der Waals surface area (Å²) in [6, 6.07) is 22.0. The van der Waals surface area contributed by atoms with Gasteiger partial charge in [0.25, 0.3) is 0 Å². The van der Waals surface area contributed by atoms with Crippen molar-refractivity contribution < 1.29 is 5.11 Å². The molecular weight excluding hydrogens is 308 g/mol. The van der Waals surface area contributed by atoms with E-state index in [9.17, 15) is 0 Å². The van der Waals surface area contributed by atoms with Crippen molar-refractivity contribution in [2.24, 2.45) is 0 Å². The van der Waals surface area contributed by atoms with E-state index >= 15 is 0 Å². The zero-order valence-electron chi connectivity index (χ0n) is 15.6. The van der Waals surface area contributed by atoms with Crippen LogP contribution >= 0.6 is 0 Å². The first-order valence-corrected chi connectivity index (χ1v) is 11.2. The van der Waals surface area contributed by atoms with Gasteiger partial charge in [0.05, 0.1) is 0 Å². The van der Waals surface area contributed by atoms with E-state index in [-0.39, 0.29) is 6.61 Å². The van der Waals surface area contributed by atoms with Gasteiger partial charge in [0, 0.05) is 6.61 Å². The lowest BCUT2D eigenvalue weighted by atomic mass is 10.2. The van der Waals surface area contributed by atoms with Crippen LogP contribution in [0.25, 0.3) is 0 Å². The highest BCUT2D eigenvalue weighted by Crippen LogP contribution is 2.35. The van der Waals surface area contributed by atoms with Crippen molar-refractivity contribution in [2.75, 3.05) is 6.61 Å². The predicted molar refractivity (Wildman–Crippen MR) is 110 cm³/mol. The number of benzene rings is 2. The summed E-state index contributed by atoms with van der Waals surface area (Å²) < 4.78 is 0. The van der Waals surface area contributed by atoms with Crippen LogP contribution in [-0.4, -0.2) is 19.8 Å². The Morgan fingerprint density at radius 3 is 1.58 bits per heavy atom. The standard InChI is InChI=1S/C17H22Si.C5H10O/c1-17(2,3)18(4,15-11-7-5-8-12-15)16-13-9-6-10-14-16;1-2-3-4-5-6/h5-14H,1-4H3;2,6H,1,3-5H2. The molecule has 2 aromatic rings. The maximum Gasteiger partial charge on any atom is 0.120 e. The van der Waals surface area contributed by atoms with Crippen LogP contribution in [-0.2, 0) is 0 Å². The van der Waals surface area contributed by atoms with Gasteiger partial charge in [-0.25, -0.2) is 0 Å². The molecule has 0 unspecified atom stereocenters. The van der Waals surface area contributed by atoms with Gasteiger partial charge in [-0.3, -0.25) is 0 Å². The van der Waals surface area contributed by atoms with E-state index in [1.165, 1.54) is 10.4 Å². The van der Waals surface area contributed by atoms with Crippen LogP contribution in [0.5, 0.6) is 0 Å². The van der Waals surface area contributed by atoms with Gasteiger partial charge in [0.2, 0.25) is 0 Å². The molecule has 0 aromatic heterocycles. The van der Waals surface area contributed by atoms with Crippen LogP contribution in [0, 0.1) is 0 Å². The summed E-state index contributed by atoms with van der Waals surface area (Å²) >= 11 is 0. The molecule has 0 aliphatic carbocycles. The number of hydrogen-bond acceptors (Lipinski definition) is 1. The normalized spacial score (nSPS) is 11.4. The number of rotatable bonds is 5. The lowest BCUT2D eigenvalue weighted by Gasteiger charge is -2.41. The molecule has 0 bridgehead atoms. The maximum absolute atomic E-state index is 8.15. The third kappa shape index (κ3) is 5.18. The third-order valence-electron chi connectivity index (χ3n) is 4.77. The predicted octanol–water partition coefficient (Wildman–Crippen LogP) is 4.62. The Hall–Kier alpha value is -1.64. The molecule has 0 heterocycles. The summed E-state index contributed by atoms with van der Waals surface area (Å²) in [6.07, 6.45) is 3.58. The molecule has 1 N–H and O–H groups in total. The third-order valence-corrected chi connectivity index (χ3v) is 10.7. The largest absolute Gasteiger partial charge is 0.396 e. The van der Waals surface area contributed by atoms with E-state index in [4.69, 9.17) is 5.11 Å². The van der Waals surface area contributed by atoms with Crippen LogP contribution in [0.4, 0.5) is 0 Å². The highest BCUT2D eigenvalue weighted by atomic mass is 28.3. The molecule has 0 saturated carbocycles. The zero-order chi connectivity index (χ0) is 18.1. The van der Waals surface area contributed by atoms with Crippen molar-refractivity contribution in [1.82, 2.24) is 0 Å². The molecule has 0 saturated heterocycles. The first-order chi connectivity index (χ1) is 11.4. The van der Waals surface area contributed by atoms with E-state index in [0.29, 0.717) is 5.04 Å². The molecule has 0 spiro atoms. The Morgan fingerprint density at radius 2 is 1.33 bits per heavy atom. The van der Waals surface area contributed by atoms with E-state index in [1.54, 1.807) is 6.08 Å². The summed E-state index contributed by atoms with van der Waals surface area (Å²) in [4.78, 5) is 0. The van der Waals surface area contributed by atoms with Gasteiger partial charge < -0.3 is 5.11 Å². The Labute approximate surface area is 149 Å². The fourth-order valence-electron chi connectivity index (χ4n) is 2.81. The monoisotopic (exact) mass is 340 g/mol. The number of unbranched alkanes of at least 4 members (excludes halogenated alkanes) is 1. The molecular formula is C22H32OSi. The molecule has 0 aliphatic heterocycles. The fraction of sp³-hybridized carbons (Fsp3) is 0.364. The summed E-state index contributed by atoms with van der Waals surface area (Å²) in [7, 11) is -1.70. The molecule has 130 valence electrons. The van der Waals surface area contributed by atoms with Gasteiger partial charge in [-0.1, -0.05) is 104 Å². The Kier molecular flexibility index (Phi) is 8.16. The van der Waals surface area contributed by atoms with Gasteiger partial charge in [-0.2, -0.15) is 0 Å². The van der Waals surface area contributed by atoms with E-state index < -0.39 is 8.07 Å². The lowest BCUT2D eigenvalue weighted by molar-refractivity contribution is 0.289. The molecule has 0 aliphatic rings. The quantitative estimate of drug-likeness (QED) is 0.478. The average molecular weight is 341 g/mol. The van der Waals surface area contributed by atoms with Crippen LogP contribution in [0.2, 0.25) is 11.6 Å². The minimum absolute atomic E-state index is 0.284. The second-order valence-electron chi connectivity index (χ2n) is 7.26. The number of hydrogen-bond donors (Lipinski definition) is 1. The molecule has 0 atom stereocenters. The van der Waals surface area contributed by atoms with Crippen LogP contribution < -0.4 is 10.4 Å². The first kappa shape index (κ1) is 20.4. The fourth-order valence-corrected chi connectivity index (χ4v) is 6.59. The van der Waals surface area contributed by atoms with Crippen LogP contribution in [0.15, 0.2) is 73.3 Å². The van der Waals surface area contributed by atoms with E-state index in [2.05, 4.69) is 94.6 Å². The van der Waals surface area contributed by atoms with Gasteiger partial charge in [0.15, 0.2) is 0 Å². The van der Waals surface area contributed by atoms with Crippen LogP contribution in [0.3, 0.4) is 0 Å². The lowest BCUT2D eigenvalue weighted by Crippen LogP contribution is -2.61. The maximum atomic E-state index is 8.15. The van der Waals surface area contributed by atoms with Gasteiger partial charge in [0.1, 0.15) is 8.07 Å². The van der Waals surface area contributed by atoms with Gasteiger partial charge in [-0.15, -0.1) is 6.58 Å². The van der Waals surface area contributed by atoms with Crippen molar-refractivity contribution in [2.45, 2.75) is 45.2 Å². The second-order valence-corrected chi connectivity index (χ2v) is 12.2. The summed E-state index contributed by atoms with van der Waals surface area (Å²) in [5.41, 5.74) is 0. The van der Waals surface area contributed by atoms with Crippen molar-refractivity contribution in [3.63, 3.8) is 0 Å². The number of aliphatic hydroxyl groups is 1. The molecule has 1 nitrogen and oxygen atoms in total. The summed E-state index contributed by atoms with van der Waals surface area (Å²) in [6.45, 7) is 13.4. The second kappa shape index (κ2) is 9.60. The number of aliphatic hydroxyl groups excluding tert-OH is 1. The average Bonchev–Trinajstić information content (AvgIpc) is 2.60. The zero-order valence-corrected chi connectivity index (χ0v) is 16.6. The van der Waals surface area contributed by atoms with Crippen molar-refractivity contribution in [3.05, 3.63) is 73.3 Å². The number of allylic oxidation sites excluding steroid dienone is 1. The van der Waals surface area contributed by atoms with Gasteiger partial charge in [-0.05, 0) is 17.9 Å². The highest BCUT2D eigenvalue weighted by molar-refractivity contribution is 7.03. The molecule has 0 amide bonds. The van der Waals surface area contributed by atoms with Crippen LogP contribution in [0.1, 0.15) is 33.6 Å². The van der Waals surface area contributed by atoms with E-state index in [1.807, 2.05) is 0 Å². The molecule has 2 aromatic carbocycles. The van der Waals surface area contributed by atoms with E-state index in [0.717, 1.165) is 12.8 Å². The molecule has 24 heavy (non-hydrogen) atoms. The topological polar surface area (TPSA) is 20.2 Å². The Morgan fingerprint density at radius 1 is 0.917 bits per heavy atom. The minimum atomic E-state index is -1.70. The first-order valence-electron chi connectivity index (χ1n) is 8.70. The van der Waals surface area contributed by atoms with Crippen molar-refractivity contribution in [3.8, 4) is 0 Å². The van der Waals surface area contributed by atoms with Gasteiger partial charge >= 0.3 is 0 Å². The molecule has 0 radical (unpaired) electrons. The molecule has 0 fully saturated rings. The molecule has 2 heteroatoms. The minimum Gasteiger partial charge on any atom is -0.396 e. The van der Waals surface area contributed by atoms with Crippen molar-refractivity contribution >= 4 is 18.4 Å². The summed E-state index contributed by atoms with van der Waals surface area (Å²) in [5, 5.41) is 11.5.